The summed E-state index contributed by atoms with van der Waals surface area (Å²) in [5, 5.41) is -1.16. The maximum Gasteiger partial charge on any atom is 0.321 e. The molecule has 22 heavy (non-hydrogen) atoms. The summed E-state index contributed by atoms with van der Waals surface area (Å²) in [5.74, 6) is 0.216. The van der Waals surface area contributed by atoms with Gasteiger partial charge in [0, 0.05) is 11.3 Å². The molecule has 2 saturated carbocycles. The van der Waals surface area contributed by atoms with Crippen LogP contribution in [-0.4, -0.2) is 43.8 Å². The molecule has 0 N–H and O–H groups in total. The standard InChI is InChI=1S/C15H19B2IO4/c1-13(18,14(2,16)17)12(20)22-10-4-8-3-9(10)15(5-8)6-11(19)21-7-15/h8-10H,3-7H2,1-2H3. The van der Waals surface area contributed by atoms with Crippen molar-refractivity contribution in [1.82, 2.24) is 0 Å². The van der Waals surface area contributed by atoms with Crippen LogP contribution in [0, 0.1) is 17.3 Å². The average molecular weight is 412 g/mol. The Hall–Kier alpha value is -0.200. The molecule has 1 spiro atoms. The fraction of sp³-hybridized carbons (Fsp3) is 0.867. The number of ether oxygens (including phenoxy) is 2. The molecule has 7 heteroatoms. The van der Waals surface area contributed by atoms with Gasteiger partial charge < -0.3 is 9.47 Å². The molecular formula is C15H19B2IO4. The first-order valence-corrected chi connectivity index (χ1v) is 8.76. The molecular weight excluding hydrogens is 393 g/mol. The zero-order chi connectivity index (χ0) is 16.3. The van der Waals surface area contributed by atoms with Gasteiger partial charge in [0.1, 0.15) is 9.53 Å². The molecule has 2 bridgehead atoms. The molecule has 0 aromatic rings. The lowest BCUT2D eigenvalue weighted by molar-refractivity contribution is -0.157. The summed E-state index contributed by atoms with van der Waals surface area (Å²) in [7, 11) is 11.8. The fourth-order valence-electron chi connectivity index (χ4n) is 4.22. The normalized spacial score (nSPS) is 39.8. The van der Waals surface area contributed by atoms with E-state index in [9.17, 15) is 9.59 Å². The molecule has 0 aromatic heterocycles. The zero-order valence-corrected chi connectivity index (χ0v) is 15.1. The number of hydrogen-bond donors (Lipinski definition) is 0. The minimum atomic E-state index is -1.16. The SMILES string of the molecule is [B]C([B])(C)C(C)(I)C(=O)OC1CC2CC1C1(COC(=O)C1)C2. The monoisotopic (exact) mass is 412 g/mol. The van der Waals surface area contributed by atoms with Crippen LogP contribution < -0.4 is 0 Å². The minimum Gasteiger partial charge on any atom is -0.465 e. The summed E-state index contributed by atoms with van der Waals surface area (Å²) < 4.78 is 9.98. The maximum absolute atomic E-state index is 12.5. The molecule has 1 saturated heterocycles. The molecule has 1 heterocycles. The van der Waals surface area contributed by atoms with Crippen LogP contribution in [0.1, 0.15) is 39.5 Å². The van der Waals surface area contributed by atoms with E-state index in [0.717, 1.165) is 19.3 Å². The molecule has 116 valence electrons. The summed E-state index contributed by atoms with van der Waals surface area (Å²) in [5.41, 5.74) is -0.124. The molecule has 4 radical (unpaired) electrons. The smallest absolute Gasteiger partial charge is 0.321 e. The first-order valence-electron chi connectivity index (χ1n) is 7.68. The van der Waals surface area contributed by atoms with E-state index in [1.54, 1.807) is 13.8 Å². The highest BCUT2D eigenvalue weighted by molar-refractivity contribution is 14.1. The van der Waals surface area contributed by atoms with Gasteiger partial charge in [-0.05, 0) is 32.1 Å². The quantitative estimate of drug-likeness (QED) is 0.308. The Morgan fingerprint density at radius 3 is 2.59 bits per heavy atom. The second kappa shape index (κ2) is 5.15. The van der Waals surface area contributed by atoms with Crippen LogP contribution in [0.25, 0.3) is 0 Å². The Kier molecular flexibility index (Phi) is 3.90. The third-order valence-corrected chi connectivity index (χ3v) is 7.36. The predicted octanol–water partition coefficient (Wildman–Crippen LogP) is 1.93. The lowest BCUT2D eigenvalue weighted by Crippen LogP contribution is -2.46. The highest BCUT2D eigenvalue weighted by Gasteiger charge is 2.61. The fourth-order valence-corrected chi connectivity index (χ4v) is 4.35. The predicted molar refractivity (Wildman–Crippen MR) is 91.0 cm³/mol. The molecule has 2 aliphatic carbocycles. The third-order valence-electron chi connectivity index (χ3n) is 5.75. The van der Waals surface area contributed by atoms with Crippen LogP contribution in [0.3, 0.4) is 0 Å². The topological polar surface area (TPSA) is 52.6 Å². The van der Waals surface area contributed by atoms with Gasteiger partial charge in [0.05, 0.1) is 28.7 Å². The van der Waals surface area contributed by atoms with Gasteiger partial charge in [-0.2, -0.15) is 0 Å². The van der Waals surface area contributed by atoms with Gasteiger partial charge in [-0.25, -0.2) is 0 Å². The summed E-state index contributed by atoms with van der Waals surface area (Å²) in [6, 6.07) is 0. The van der Waals surface area contributed by atoms with Crippen LogP contribution in [0.15, 0.2) is 0 Å². The number of esters is 2. The van der Waals surface area contributed by atoms with E-state index in [1.807, 2.05) is 22.6 Å². The van der Waals surface area contributed by atoms with Crippen molar-refractivity contribution in [2.45, 2.75) is 54.3 Å². The van der Waals surface area contributed by atoms with Gasteiger partial charge in [-0.1, -0.05) is 34.7 Å². The number of fused-ring (bicyclic) bond motifs is 3. The van der Waals surface area contributed by atoms with Gasteiger partial charge >= 0.3 is 11.9 Å². The molecule has 3 fully saturated rings. The second-order valence-corrected chi connectivity index (χ2v) is 9.73. The van der Waals surface area contributed by atoms with Crippen LogP contribution >= 0.6 is 22.6 Å². The number of rotatable bonds is 3. The van der Waals surface area contributed by atoms with Crippen LogP contribution in [0.4, 0.5) is 0 Å². The Morgan fingerprint density at radius 2 is 2.09 bits per heavy atom. The van der Waals surface area contributed by atoms with E-state index >= 15 is 0 Å². The maximum atomic E-state index is 12.5. The summed E-state index contributed by atoms with van der Waals surface area (Å²) in [4.78, 5) is 24.1. The van der Waals surface area contributed by atoms with E-state index in [-0.39, 0.29) is 29.4 Å². The van der Waals surface area contributed by atoms with E-state index in [4.69, 9.17) is 25.2 Å². The van der Waals surface area contributed by atoms with Crippen molar-refractivity contribution in [2.24, 2.45) is 17.3 Å². The van der Waals surface area contributed by atoms with E-state index < -0.39 is 8.64 Å². The highest BCUT2D eigenvalue weighted by atomic mass is 127. The molecule has 1 aliphatic heterocycles. The summed E-state index contributed by atoms with van der Waals surface area (Å²) in [6.45, 7) is 3.78. The van der Waals surface area contributed by atoms with Gasteiger partial charge in [0.2, 0.25) is 0 Å². The average Bonchev–Trinajstić information content (AvgIpc) is 3.02. The van der Waals surface area contributed by atoms with E-state index in [1.165, 1.54) is 0 Å². The number of halogens is 1. The number of hydrogen-bond acceptors (Lipinski definition) is 4. The molecule has 5 atom stereocenters. The first-order chi connectivity index (χ1) is 10.1. The van der Waals surface area contributed by atoms with Crippen molar-refractivity contribution in [1.29, 1.82) is 0 Å². The van der Waals surface area contributed by atoms with Crippen molar-refractivity contribution in [3.05, 3.63) is 0 Å². The zero-order valence-electron chi connectivity index (χ0n) is 12.9. The van der Waals surface area contributed by atoms with Crippen LogP contribution in [0.5, 0.6) is 0 Å². The highest BCUT2D eigenvalue weighted by Crippen LogP contribution is 2.60. The van der Waals surface area contributed by atoms with Gasteiger partial charge in [-0.15, -0.1) is 0 Å². The van der Waals surface area contributed by atoms with Crippen molar-refractivity contribution >= 4 is 50.2 Å². The molecule has 0 amide bonds. The minimum absolute atomic E-state index is 0.124. The Balaban J connectivity index is 1.72. The number of carbonyl (C=O) groups excluding carboxylic acids is 2. The first kappa shape index (κ1) is 16.7. The van der Waals surface area contributed by atoms with Gasteiger partial charge in [0.25, 0.3) is 0 Å². The number of alkyl halides is 1. The Labute approximate surface area is 147 Å². The van der Waals surface area contributed by atoms with Crippen molar-refractivity contribution in [2.75, 3.05) is 6.61 Å². The van der Waals surface area contributed by atoms with E-state index in [0.29, 0.717) is 18.9 Å². The molecule has 5 unspecified atom stereocenters. The van der Waals surface area contributed by atoms with E-state index in [2.05, 4.69) is 0 Å². The Bertz CT molecular complexity index is 516. The van der Waals surface area contributed by atoms with Crippen LogP contribution in [0.2, 0.25) is 5.21 Å². The molecule has 0 aromatic carbocycles. The number of cyclic esters (lactones) is 1. The lowest BCUT2D eigenvalue weighted by atomic mass is 9.50. The largest absolute Gasteiger partial charge is 0.465 e. The van der Waals surface area contributed by atoms with Crippen LogP contribution in [-0.2, 0) is 19.1 Å². The summed E-state index contributed by atoms with van der Waals surface area (Å²) in [6.07, 6.45) is 3.18. The van der Waals surface area contributed by atoms with Crippen molar-refractivity contribution < 1.29 is 19.1 Å². The molecule has 4 nitrogen and oxygen atoms in total. The molecule has 3 rings (SSSR count). The van der Waals surface area contributed by atoms with Crippen molar-refractivity contribution in [3.8, 4) is 0 Å². The number of carbonyl (C=O) groups is 2. The van der Waals surface area contributed by atoms with Crippen molar-refractivity contribution in [3.63, 3.8) is 0 Å². The third kappa shape index (κ3) is 2.51. The van der Waals surface area contributed by atoms with Gasteiger partial charge in [0.15, 0.2) is 0 Å². The summed E-state index contributed by atoms with van der Waals surface area (Å²) >= 11 is 1.96. The second-order valence-electron chi connectivity index (χ2n) is 7.58. The Morgan fingerprint density at radius 1 is 1.41 bits per heavy atom. The van der Waals surface area contributed by atoms with Gasteiger partial charge in [-0.3, -0.25) is 9.59 Å². The lowest BCUT2D eigenvalue weighted by Gasteiger charge is -2.40. The molecule has 3 aliphatic rings.